The number of hydrogen-bond donors (Lipinski definition) is 1. The zero-order valence-corrected chi connectivity index (χ0v) is 11.3. The van der Waals surface area contributed by atoms with E-state index in [1.54, 1.807) is 12.1 Å². The molecule has 1 aliphatic heterocycles. The molecular weight excluding hydrogens is 240 g/mol. The van der Waals surface area contributed by atoms with E-state index >= 15 is 0 Å². The van der Waals surface area contributed by atoms with E-state index in [0.29, 0.717) is 11.6 Å². The molecule has 1 aliphatic carbocycles. The molecule has 2 fully saturated rings. The van der Waals surface area contributed by atoms with Crippen molar-refractivity contribution in [2.75, 3.05) is 11.4 Å². The van der Waals surface area contributed by atoms with Crippen molar-refractivity contribution in [3.8, 4) is 0 Å². The summed E-state index contributed by atoms with van der Waals surface area (Å²) < 4.78 is 0. The van der Waals surface area contributed by atoms with E-state index in [9.17, 15) is 9.90 Å². The number of carbonyl (C=O) groups is 1. The molecule has 1 saturated heterocycles. The number of pyridine rings is 1. The molecule has 3 rings (SSSR count). The minimum atomic E-state index is -0.869. The van der Waals surface area contributed by atoms with Crippen LogP contribution >= 0.6 is 0 Å². The number of aryl methyl sites for hydroxylation is 1. The van der Waals surface area contributed by atoms with Gasteiger partial charge in [-0.1, -0.05) is 6.42 Å². The van der Waals surface area contributed by atoms with Gasteiger partial charge in [-0.15, -0.1) is 0 Å². The van der Waals surface area contributed by atoms with Gasteiger partial charge in [-0.25, -0.2) is 9.78 Å². The van der Waals surface area contributed by atoms with Gasteiger partial charge in [0.05, 0.1) is 5.56 Å². The highest BCUT2D eigenvalue weighted by Gasteiger charge is 2.35. The summed E-state index contributed by atoms with van der Waals surface area (Å²) in [6, 6.07) is 3.95. The predicted octanol–water partition coefficient (Wildman–Crippen LogP) is 2.86. The third kappa shape index (κ3) is 2.31. The van der Waals surface area contributed by atoms with Gasteiger partial charge in [0.2, 0.25) is 0 Å². The minimum absolute atomic E-state index is 0.350. The highest BCUT2D eigenvalue weighted by atomic mass is 16.4. The second-order valence-corrected chi connectivity index (χ2v) is 5.75. The van der Waals surface area contributed by atoms with Crippen LogP contribution in [0.25, 0.3) is 0 Å². The zero-order valence-electron chi connectivity index (χ0n) is 11.3. The molecule has 1 aromatic heterocycles. The van der Waals surface area contributed by atoms with E-state index in [2.05, 4.69) is 9.88 Å². The van der Waals surface area contributed by atoms with Crippen molar-refractivity contribution in [3.05, 3.63) is 23.4 Å². The van der Waals surface area contributed by atoms with E-state index in [0.717, 1.165) is 24.0 Å². The first kappa shape index (κ1) is 12.5. The van der Waals surface area contributed by atoms with Crippen molar-refractivity contribution in [3.63, 3.8) is 0 Å². The summed E-state index contributed by atoms with van der Waals surface area (Å²) in [5.41, 5.74) is 1.14. The smallest absolute Gasteiger partial charge is 0.335 e. The number of fused-ring (bicyclic) bond motifs is 1. The Morgan fingerprint density at radius 1 is 1.32 bits per heavy atom. The number of aromatic carboxylic acids is 1. The van der Waals surface area contributed by atoms with Gasteiger partial charge in [0, 0.05) is 18.3 Å². The number of carboxylic acids is 1. The van der Waals surface area contributed by atoms with Gasteiger partial charge in [-0.2, -0.15) is 0 Å². The number of rotatable bonds is 2. The molecule has 1 N–H and O–H groups in total. The van der Waals surface area contributed by atoms with Crippen LogP contribution in [0.4, 0.5) is 5.82 Å². The van der Waals surface area contributed by atoms with Gasteiger partial charge in [0.25, 0.3) is 0 Å². The molecule has 0 bridgehead atoms. The van der Waals surface area contributed by atoms with Crippen LogP contribution in [0.2, 0.25) is 0 Å². The van der Waals surface area contributed by atoms with Crippen LogP contribution < -0.4 is 4.90 Å². The normalized spacial score (nSPS) is 26.3. The molecule has 0 amide bonds. The highest BCUT2D eigenvalue weighted by molar-refractivity contribution is 5.88. The fourth-order valence-corrected chi connectivity index (χ4v) is 3.66. The standard InChI is InChI=1S/C15H20N2O2/c1-10-8-12(15(18)19)9-14(16-10)17-7-3-5-11-4-2-6-13(11)17/h8-9,11,13H,2-7H2,1H3,(H,18,19). The Morgan fingerprint density at radius 2 is 2.11 bits per heavy atom. The summed E-state index contributed by atoms with van der Waals surface area (Å²) in [5, 5.41) is 9.17. The lowest BCUT2D eigenvalue weighted by Crippen LogP contribution is -2.43. The molecule has 0 aromatic carbocycles. The molecule has 4 heteroatoms. The molecule has 102 valence electrons. The molecule has 1 aromatic rings. The number of nitrogens with zero attached hydrogens (tertiary/aromatic N) is 2. The molecular formula is C15H20N2O2. The Morgan fingerprint density at radius 3 is 2.89 bits per heavy atom. The quantitative estimate of drug-likeness (QED) is 0.888. The van der Waals surface area contributed by atoms with Crippen molar-refractivity contribution in [1.29, 1.82) is 0 Å². The van der Waals surface area contributed by atoms with Gasteiger partial charge in [-0.3, -0.25) is 0 Å². The van der Waals surface area contributed by atoms with Crippen LogP contribution in [0.1, 0.15) is 48.2 Å². The molecule has 1 saturated carbocycles. The summed E-state index contributed by atoms with van der Waals surface area (Å²) in [5.74, 6) is 0.769. The second kappa shape index (κ2) is 4.83. The van der Waals surface area contributed by atoms with E-state index in [1.807, 2.05) is 6.92 Å². The molecule has 4 nitrogen and oxygen atoms in total. The number of aromatic nitrogens is 1. The van der Waals surface area contributed by atoms with E-state index in [1.165, 1.54) is 32.1 Å². The summed E-state index contributed by atoms with van der Waals surface area (Å²) in [4.78, 5) is 18.1. The van der Waals surface area contributed by atoms with Crippen LogP contribution in [-0.2, 0) is 0 Å². The lowest BCUT2D eigenvalue weighted by molar-refractivity contribution is 0.0696. The number of hydrogen-bond acceptors (Lipinski definition) is 3. The Kier molecular flexibility index (Phi) is 3.17. The fraction of sp³-hybridized carbons (Fsp3) is 0.600. The minimum Gasteiger partial charge on any atom is -0.478 e. The monoisotopic (exact) mass is 260 g/mol. The Balaban J connectivity index is 1.94. The number of anilines is 1. The van der Waals surface area contributed by atoms with Gasteiger partial charge in [0.1, 0.15) is 5.82 Å². The Hall–Kier alpha value is -1.58. The summed E-state index contributed by atoms with van der Waals surface area (Å²) in [6.07, 6.45) is 6.35. The third-order valence-electron chi connectivity index (χ3n) is 4.47. The average molecular weight is 260 g/mol. The zero-order chi connectivity index (χ0) is 13.4. The first-order chi connectivity index (χ1) is 9.15. The first-order valence-electron chi connectivity index (χ1n) is 7.14. The maximum absolute atomic E-state index is 11.2. The molecule has 2 aliphatic rings. The van der Waals surface area contributed by atoms with Crippen LogP contribution in [0, 0.1) is 12.8 Å². The van der Waals surface area contributed by atoms with Crippen molar-refractivity contribution >= 4 is 11.8 Å². The Labute approximate surface area is 113 Å². The average Bonchev–Trinajstić information content (AvgIpc) is 2.85. The lowest BCUT2D eigenvalue weighted by Gasteiger charge is -2.38. The maximum atomic E-state index is 11.2. The van der Waals surface area contributed by atoms with Crippen LogP contribution in [0.5, 0.6) is 0 Å². The number of piperidine rings is 1. The molecule has 19 heavy (non-hydrogen) atoms. The van der Waals surface area contributed by atoms with Crippen LogP contribution in [0.15, 0.2) is 12.1 Å². The third-order valence-corrected chi connectivity index (χ3v) is 4.47. The molecule has 2 atom stereocenters. The molecule has 2 unspecified atom stereocenters. The first-order valence-corrected chi connectivity index (χ1v) is 7.14. The topological polar surface area (TPSA) is 53.4 Å². The van der Waals surface area contributed by atoms with Crippen LogP contribution in [0.3, 0.4) is 0 Å². The van der Waals surface area contributed by atoms with Gasteiger partial charge in [0.15, 0.2) is 0 Å². The Bertz CT molecular complexity index is 501. The van der Waals surface area contributed by atoms with Crippen molar-refractivity contribution in [2.45, 2.75) is 45.1 Å². The number of carboxylic acid groups (broad SMARTS) is 1. The lowest BCUT2D eigenvalue weighted by atomic mass is 9.92. The highest BCUT2D eigenvalue weighted by Crippen LogP contribution is 2.38. The molecule has 0 spiro atoms. The second-order valence-electron chi connectivity index (χ2n) is 5.75. The molecule has 0 radical (unpaired) electrons. The summed E-state index contributed by atoms with van der Waals surface area (Å²) in [7, 11) is 0. The van der Waals surface area contributed by atoms with E-state index < -0.39 is 5.97 Å². The summed E-state index contributed by atoms with van der Waals surface area (Å²) >= 11 is 0. The largest absolute Gasteiger partial charge is 0.478 e. The maximum Gasteiger partial charge on any atom is 0.335 e. The predicted molar refractivity (Wildman–Crippen MR) is 73.6 cm³/mol. The van der Waals surface area contributed by atoms with E-state index in [4.69, 9.17) is 0 Å². The van der Waals surface area contributed by atoms with Gasteiger partial charge < -0.3 is 10.0 Å². The summed E-state index contributed by atoms with van der Waals surface area (Å²) in [6.45, 7) is 2.88. The fourth-order valence-electron chi connectivity index (χ4n) is 3.66. The van der Waals surface area contributed by atoms with Crippen molar-refractivity contribution in [2.24, 2.45) is 5.92 Å². The van der Waals surface area contributed by atoms with Crippen molar-refractivity contribution < 1.29 is 9.90 Å². The van der Waals surface area contributed by atoms with Gasteiger partial charge in [-0.05, 0) is 50.7 Å². The van der Waals surface area contributed by atoms with Gasteiger partial charge >= 0.3 is 5.97 Å². The van der Waals surface area contributed by atoms with E-state index in [-0.39, 0.29) is 0 Å². The van der Waals surface area contributed by atoms with Crippen molar-refractivity contribution in [1.82, 2.24) is 4.98 Å². The van der Waals surface area contributed by atoms with Crippen LogP contribution in [-0.4, -0.2) is 28.6 Å². The molecule has 2 heterocycles. The SMILES string of the molecule is Cc1cc(C(=O)O)cc(N2CCCC3CCCC32)n1.